The average molecular weight is 395 g/mol. The first kappa shape index (κ1) is 18.8. The summed E-state index contributed by atoms with van der Waals surface area (Å²) in [6.07, 6.45) is 0.808. The lowest BCUT2D eigenvalue weighted by Crippen LogP contribution is -2.29. The Kier molecular flexibility index (Phi) is 6.25. The maximum absolute atomic E-state index is 12.4. The van der Waals surface area contributed by atoms with Crippen LogP contribution in [-0.4, -0.2) is 37.6 Å². The quantitative estimate of drug-likeness (QED) is 0.824. The Morgan fingerprint density at radius 1 is 1.15 bits per heavy atom. The van der Waals surface area contributed by atoms with Crippen LogP contribution in [0.1, 0.15) is 12.0 Å². The number of carbonyl (C=O) groups is 1. The lowest BCUT2D eigenvalue weighted by Gasteiger charge is -2.17. The molecule has 2 aromatic carbocycles. The molecule has 0 saturated heterocycles. The number of ether oxygens (including phenoxy) is 2. The van der Waals surface area contributed by atoms with E-state index in [9.17, 15) is 4.79 Å². The zero-order valence-electron chi connectivity index (χ0n) is 14.4. The highest BCUT2D eigenvalue weighted by molar-refractivity contribution is 6.34. The molecule has 138 valence electrons. The van der Waals surface area contributed by atoms with Gasteiger partial charge in [0.25, 0.3) is 0 Å². The number of amides is 1. The minimum absolute atomic E-state index is 0.161. The van der Waals surface area contributed by atoms with Gasteiger partial charge in [-0.15, -0.1) is 0 Å². The lowest BCUT2D eigenvalue weighted by atomic mass is 10.2. The maximum Gasteiger partial charge on any atom is 0.238 e. The van der Waals surface area contributed by atoms with E-state index >= 15 is 0 Å². The molecule has 0 bridgehead atoms. The number of fused-ring (bicyclic) bond motifs is 1. The van der Waals surface area contributed by atoms with Gasteiger partial charge in [0, 0.05) is 30.1 Å². The van der Waals surface area contributed by atoms with E-state index in [1.54, 1.807) is 12.1 Å². The Morgan fingerprint density at radius 3 is 2.62 bits per heavy atom. The number of rotatable bonds is 5. The summed E-state index contributed by atoms with van der Waals surface area (Å²) in [6, 6.07) is 11.0. The smallest absolute Gasteiger partial charge is 0.238 e. The molecule has 26 heavy (non-hydrogen) atoms. The molecule has 1 N–H and O–H groups in total. The van der Waals surface area contributed by atoms with Crippen molar-refractivity contribution in [2.45, 2.75) is 13.0 Å². The van der Waals surface area contributed by atoms with Gasteiger partial charge in [-0.25, -0.2) is 0 Å². The fourth-order valence-electron chi connectivity index (χ4n) is 2.72. The Bertz CT molecular complexity index is 798. The number of nitrogens with zero attached hydrogens (tertiary/aromatic N) is 1. The third-order valence-corrected chi connectivity index (χ3v) is 4.41. The SMILES string of the molecule is CN(CC(=O)Nc1cc2c(cc1Cl)OCCCO2)Cc1cccc(Cl)c1. The molecule has 0 atom stereocenters. The molecule has 5 nitrogen and oxygen atoms in total. The van der Waals surface area contributed by atoms with Crippen molar-refractivity contribution in [2.75, 3.05) is 32.1 Å². The van der Waals surface area contributed by atoms with E-state index in [4.69, 9.17) is 32.7 Å². The largest absolute Gasteiger partial charge is 0.490 e. The van der Waals surface area contributed by atoms with Gasteiger partial charge in [-0.1, -0.05) is 35.3 Å². The van der Waals surface area contributed by atoms with Crippen molar-refractivity contribution in [2.24, 2.45) is 0 Å². The second-order valence-electron chi connectivity index (χ2n) is 6.18. The molecule has 1 amide bonds. The summed E-state index contributed by atoms with van der Waals surface area (Å²) in [6.45, 7) is 1.99. The van der Waals surface area contributed by atoms with Crippen LogP contribution in [0.2, 0.25) is 10.0 Å². The second-order valence-corrected chi connectivity index (χ2v) is 7.02. The third-order valence-electron chi connectivity index (χ3n) is 3.87. The van der Waals surface area contributed by atoms with Gasteiger partial charge in [0.05, 0.1) is 30.5 Å². The number of halogens is 2. The highest BCUT2D eigenvalue weighted by Crippen LogP contribution is 2.37. The van der Waals surface area contributed by atoms with Crippen molar-refractivity contribution in [3.05, 3.63) is 52.0 Å². The second kappa shape index (κ2) is 8.62. The highest BCUT2D eigenvalue weighted by atomic mass is 35.5. The molecule has 3 rings (SSSR count). The van der Waals surface area contributed by atoms with Gasteiger partial charge < -0.3 is 14.8 Å². The van der Waals surface area contributed by atoms with Crippen molar-refractivity contribution in [3.63, 3.8) is 0 Å². The summed E-state index contributed by atoms with van der Waals surface area (Å²) in [5.74, 6) is 1.03. The number of hydrogen-bond acceptors (Lipinski definition) is 4. The predicted octanol–water partition coefficient (Wildman–Crippen LogP) is 4.23. The summed E-state index contributed by atoms with van der Waals surface area (Å²) in [5, 5.41) is 3.93. The molecule has 0 aliphatic carbocycles. The van der Waals surface area contributed by atoms with Gasteiger partial charge in [-0.05, 0) is 24.7 Å². The van der Waals surface area contributed by atoms with Crippen LogP contribution >= 0.6 is 23.2 Å². The molecule has 0 saturated carbocycles. The van der Waals surface area contributed by atoms with E-state index in [0.29, 0.717) is 47.0 Å². The number of carbonyl (C=O) groups excluding carboxylic acids is 1. The number of nitrogens with one attached hydrogen (secondary N) is 1. The molecule has 1 aliphatic rings. The Morgan fingerprint density at radius 2 is 1.88 bits per heavy atom. The van der Waals surface area contributed by atoms with E-state index in [2.05, 4.69) is 5.32 Å². The maximum atomic E-state index is 12.4. The van der Waals surface area contributed by atoms with Crippen molar-refractivity contribution in [1.82, 2.24) is 4.90 Å². The fourth-order valence-corrected chi connectivity index (χ4v) is 3.13. The number of anilines is 1. The normalized spacial score (nSPS) is 13.4. The summed E-state index contributed by atoms with van der Waals surface area (Å²) in [7, 11) is 1.87. The molecular weight excluding hydrogens is 375 g/mol. The molecule has 2 aromatic rings. The molecule has 1 aliphatic heterocycles. The number of hydrogen-bond donors (Lipinski definition) is 1. The first-order valence-corrected chi connectivity index (χ1v) is 9.09. The van der Waals surface area contributed by atoms with Gasteiger partial charge in [-0.2, -0.15) is 0 Å². The zero-order valence-corrected chi connectivity index (χ0v) is 15.9. The predicted molar refractivity (Wildman–Crippen MR) is 103 cm³/mol. The van der Waals surface area contributed by atoms with Gasteiger partial charge in [0.2, 0.25) is 5.91 Å². The summed E-state index contributed by atoms with van der Waals surface area (Å²) < 4.78 is 11.2. The minimum atomic E-state index is -0.161. The lowest BCUT2D eigenvalue weighted by molar-refractivity contribution is -0.117. The van der Waals surface area contributed by atoms with Crippen LogP contribution in [0, 0.1) is 0 Å². The molecule has 1 heterocycles. The molecule has 0 unspecified atom stereocenters. The highest BCUT2D eigenvalue weighted by Gasteiger charge is 2.16. The standard InChI is InChI=1S/C19H20Cl2N2O3/c1-23(11-13-4-2-5-14(20)8-13)12-19(24)22-16-10-18-17(9-15(16)21)25-6-3-7-26-18/h2,4-5,8-10H,3,6-7,11-12H2,1H3,(H,22,24). The molecule has 7 heteroatoms. The van der Waals surface area contributed by atoms with Gasteiger partial charge in [0.15, 0.2) is 11.5 Å². The van der Waals surface area contributed by atoms with Crippen molar-refractivity contribution < 1.29 is 14.3 Å². The summed E-state index contributed by atoms with van der Waals surface area (Å²) in [4.78, 5) is 14.3. The Labute approximate surface area is 162 Å². The van der Waals surface area contributed by atoms with Crippen LogP contribution in [0.15, 0.2) is 36.4 Å². The van der Waals surface area contributed by atoms with Crippen molar-refractivity contribution >= 4 is 34.8 Å². The molecule has 0 spiro atoms. The topological polar surface area (TPSA) is 50.8 Å². The molecule has 0 fully saturated rings. The van der Waals surface area contributed by atoms with E-state index in [1.807, 2.05) is 36.2 Å². The van der Waals surface area contributed by atoms with Gasteiger partial charge >= 0.3 is 0 Å². The minimum Gasteiger partial charge on any atom is -0.490 e. The Balaban J connectivity index is 1.61. The van der Waals surface area contributed by atoms with Gasteiger partial charge in [0.1, 0.15) is 0 Å². The van der Waals surface area contributed by atoms with Crippen LogP contribution in [-0.2, 0) is 11.3 Å². The molecular formula is C19H20Cl2N2O3. The van der Waals surface area contributed by atoms with Crippen LogP contribution in [0.25, 0.3) is 0 Å². The number of benzene rings is 2. The monoisotopic (exact) mass is 394 g/mol. The first-order valence-electron chi connectivity index (χ1n) is 8.33. The van der Waals surface area contributed by atoms with Crippen LogP contribution < -0.4 is 14.8 Å². The fraction of sp³-hybridized carbons (Fsp3) is 0.316. The van der Waals surface area contributed by atoms with E-state index in [0.717, 1.165) is 12.0 Å². The number of likely N-dealkylation sites (N-methyl/N-ethyl adjacent to an activating group) is 1. The molecule has 0 radical (unpaired) electrons. The van der Waals surface area contributed by atoms with Gasteiger partial charge in [-0.3, -0.25) is 9.69 Å². The third kappa shape index (κ3) is 5.04. The van der Waals surface area contributed by atoms with Crippen LogP contribution in [0.3, 0.4) is 0 Å². The summed E-state index contributed by atoms with van der Waals surface area (Å²) in [5.41, 5.74) is 1.55. The average Bonchev–Trinajstić information content (AvgIpc) is 2.80. The van der Waals surface area contributed by atoms with E-state index in [1.165, 1.54) is 0 Å². The first-order chi connectivity index (χ1) is 12.5. The van der Waals surface area contributed by atoms with Crippen molar-refractivity contribution in [1.29, 1.82) is 0 Å². The van der Waals surface area contributed by atoms with Crippen LogP contribution in [0.5, 0.6) is 11.5 Å². The van der Waals surface area contributed by atoms with Crippen LogP contribution in [0.4, 0.5) is 5.69 Å². The zero-order chi connectivity index (χ0) is 18.5. The van der Waals surface area contributed by atoms with E-state index < -0.39 is 0 Å². The summed E-state index contributed by atoms with van der Waals surface area (Å²) >= 11 is 12.3. The van der Waals surface area contributed by atoms with Crippen molar-refractivity contribution in [3.8, 4) is 11.5 Å². The van der Waals surface area contributed by atoms with E-state index in [-0.39, 0.29) is 12.5 Å². The molecule has 0 aromatic heterocycles. The Hall–Kier alpha value is -1.95.